The fraction of sp³-hybridized carbons (Fsp3) is 0.500. The summed E-state index contributed by atoms with van der Waals surface area (Å²) in [6.07, 6.45) is 0.799. The number of amides is 2. The van der Waals surface area contributed by atoms with Gasteiger partial charge in [0, 0.05) is 26.2 Å². The van der Waals surface area contributed by atoms with Crippen molar-refractivity contribution in [2.24, 2.45) is 5.73 Å². The average molecular weight is 321 g/mol. The molecular weight excluding hydrogens is 298 g/mol. The molecule has 3 N–H and O–H groups in total. The number of nitrogens with one attached hydrogen (secondary N) is 1. The summed E-state index contributed by atoms with van der Waals surface area (Å²) in [5, 5.41) is 2.78. The lowest BCUT2D eigenvalue weighted by molar-refractivity contribution is -0.126. The molecule has 1 aliphatic heterocycles. The second-order valence-corrected chi connectivity index (χ2v) is 5.66. The molecule has 0 spiro atoms. The molecule has 0 radical (unpaired) electrons. The van der Waals surface area contributed by atoms with Crippen LogP contribution >= 0.6 is 0 Å². The molecule has 0 aliphatic carbocycles. The van der Waals surface area contributed by atoms with Gasteiger partial charge >= 0.3 is 0 Å². The van der Waals surface area contributed by atoms with Crippen LogP contribution in [0, 0.1) is 0 Å². The van der Waals surface area contributed by atoms with Crippen LogP contribution in [0.15, 0.2) is 18.2 Å². The van der Waals surface area contributed by atoms with Gasteiger partial charge in [-0.15, -0.1) is 0 Å². The van der Waals surface area contributed by atoms with Crippen LogP contribution in [0.3, 0.4) is 0 Å². The SMILES string of the molecule is COc1ccc(C(=O)N(C)C)cc1NC(=O)[C@@H]1CC[C@H](CN)O1. The smallest absolute Gasteiger partial charge is 0.253 e. The second-order valence-electron chi connectivity index (χ2n) is 5.66. The maximum absolute atomic E-state index is 12.3. The first-order chi connectivity index (χ1) is 11.0. The number of nitrogens with zero attached hydrogens (tertiary/aromatic N) is 1. The van der Waals surface area contributed by atoms with Crippen molar-refractivity contribution in [3.63, 3.8) is 0 Å². The van der Waals surface area contributed by atoms with E-state index in [0.717, 1.165) is 6.42 Å². The van der Waals surface area contributed by atoms with Gasteiger partial charge in [-0.05, 0) is 31.0 Å². The van der Waals surface area contributed by atoms with E-state index in [9.17, 15) is 9.59 Å². The van der Waals surface area contributed by atoms with E-state index in [0.29, 0.717) is 30.0 Å². The maximum Gasteiger partial charge on any atom is 0.253 e. The van der Waals surface area contributed by atoms with E-state index >= 15 is 0 Å². The van der Waals surface area contributed by atoms with Gasteiger partial charge in [-0.2, -0.15) is 0 Å². The molecular formula is C16H23N3O4. The Balaban J connectivity index is 2.16. The third kappa shape index (κ3) is 4.00. The van der Waals surface area contributed by atoms with Gasteiger partial charge in [0.1, 0.15) is 11.9 Å². The first kappa shape index (κ1) is 17.2. The Labute approximate surface area is 135 Å². The predicted molar refractivity (Wildman–Crippen MR) is 86.6 cm³/mol. The third-order valence-electron chi connectivity index (χ3n) is 3.77. The first-order valence-electron chi connectivity index (χ1n) is 7.52. The second kappa shape index (κ2) is 7.43. The summed E-state index contributed by atoms with van der Waals surface area (Å²) >= 11 is 0. The van der Waals surface area contributed by atoms with Gasteiger partial charge in [-0.25, -0.2) is 0 Å². The van der Waals surface area contributed by atoms with Gasteiger partial charge in [0.25, 0.3) is 11.8 Å². The van der Waals surface area contributed by atoms with Crippen LogP contribution in [0.5, 0.6) is 5.75 Å². The summed E-state index contributed by atoms with van der Waals surface area (Å²) in [5.74, 6) is 0.0826. The minimum Gasteiger partial charge on any atom is -0.495 e. The van der Waals surface area contributed by atoms with Crippen molar-refractivity contribution in [1.82, 2.24) is 4.90 Å². The van der Waals surface area contributed by atoms with E-state index < -0.39 is 6.10 Å². The van der Waals surface area contributed by atoms with Crippen LogP contribution < -0.4 is 15.8 Å². The van der Waals surface area contributed by atoms with E-state index in [-0.39, 0.29) is 17.9 Å². The molecule has 0 unspecified atom stereocenters. The number of carbonyl (C=O) groups excluding carboxylic acids is 2. The Morgan fingerprint density at radius 3 is 2.70 bits per heavy atom. The lowest BCUT2D eigenvalue weighted by atomic mass is 10.1. The van der Waals surface area contributed by atoms with E-state index in [4.69, 9.17) is 15.2 Å². The molecule has 2 amide bonds. The van der Waals surface area contributed by atoms with E-state index in [1.54, 1.807) is 32.3 Å². The maximum atomic E-state index is 12.3. The van der Waals surface area contributed by atoms with Crippen molar-refractivity contribution in [3.05, 3.63) is 23.8 Å². The molecule has 1 fully saturated rings. The summed E-state index contributed by atoms with van der Waals surface area (Å²) < 4.78 is 10.8. The summed E-state index contributed by atoms with van der Waals surface area (Å²) in [6.45, 7) is 0.403. The molecule has 2 rings (SSSR count). The highest BCUT2D eigenvalue weighted by atomic mass is 16.5. The number of rotatable bonds is 5. The lowest BCUT2D eigenvalue weighted by Gasteiger charge is -2.16. The van der Waals surface area contributed by atoms with E-state index in [1.807, 2.05) is 0 Å². The molecule has 7 heteroatoms. The molecule has 7 nitrogen and oxygen atoms in total. The minimum atomic E-state index is -0.526. The highest BCUT2D eigenvalue weighted by Crippen LogP contribution is 2.27. The van der Waals surface area contributed by atoms with Crippen molar-refractivity contribution in [1.29, 1.82) is 0 Å². The highest BCUT2D eigenvalue weighted by Gasteiger charge is 2.30. The Morgan fingerprint density at radius 2 is 2.13 bits per heavy atom. The molecule has 2 atom stereocenters. The monoisotopic (exact) mass is 321 g/mol. The Bertz CT molecular complexity index is 589. The zero-order valence-corrected chi connectivity index (χ0v) is 13.7. The molecule has 1 aromatic carbocycles. The normalized spacial score (nSPS) is 20.2. The topological polar surface area (TPSA) is 93.9 Å². The molecule has 1 heterocycles. The Morgan fingerprint density at radius 1 is 1.39 bits per heavy atom. The number of benzene rings is 1. The summed E-state index contributed by atoms with van der Waals surface area (Å²) in [6, 6.07) is 4.92. The standard InChI is InChI=1S/C16H23N3O4/c1-19(2)16(21)10-4-6-13(22-3)12(8-10)18-15(20)14-7-5-11(9-17)23-14/h4,6,8,11,14H,5,7,9,17H2,1-3H3,(H,18,20)/t11-,14+/m1/s1. The highest BCUT2D eigenvalue weighted by molar-refractivity contribution is 5.99. The van der Waals surface area contributed by atoms with Crippen molar-refractivity contribution in [2.75, 3.05) is 33.1 Å². The van der Waals surface area contributed by atoms with Crippen LogP contribution in [-0.4, -0.2) is 56.7 Å². The van der Waals surface area contributed by atoms with Crippen molar-refractivity contribution >= 4 is 17.5 Å². The largest absolute Gasteiger partial charge is 0.495 e. The van der Waals surface area contributed by atoms with Gasteiger partial charge in [-0.3, -0.25) is 9.59 Å². The van der Waals surface area contributed by atoms with Crippen LogP contribution in [0.1, 0.15) is 23.2 Å². The predicted octanol–water partition coefficient (Wildman–Crippen LogP) is 0.842. The minimum absolute atomic E-state index is 0.0747. The third-order valence-corrected chi connectivity index (χ3v) is 3.77. The molecule has 1 saturated heterocycles. The van der Waals surface area contributed by atoms with E-state index in [2.05, 4.69) is 5.32 Å². The molecule has 0 saturated carbocycles. The molecule has 1 aromatic rings. The number of methoxy groups -OCH3 is 1. The molecule has 23 heavy (non-hydrogen) atoms. The van der Waals surface area contributed by atoms with Crippen molar-refractivity contribution in [3.8, 4) is 5.75 Å². The number of hydrogen-bond donors (Lipinski definition) is 2. The Hall–Kier alpha value is -2.12. The van der Waals surface area contributed by atoms with E-state index in [1.165, 1.54) is 12.0 Å². The van der Waals surface area contributed by atoms with Gasteiger partial charge in [-0.1, -0.05) is 0 Å². The van der Waals surface area contributed by atoms with Crippen LogP contribution in [0.25, 0.3) is 0 Å². The van der Waals surface area contributed by atoms with Crippen molar-refractivity contribution in [2.45, 2.75) is 25.0 Å². The van der Waals surface area contributed by atoms with Gasteiger partial charge in [0.2, 0.25) is 0 Å². The fourth-order valence-electron chi connectivity index (χ4n) is 2.48. The van der Waals surface area contributed by atoms with Gasteiger partial charge < -0.3 is 25.4 Å². The summed E-state index contributed by atoms with van der Waals surface area (Å²) in [5.41, 5.74) is 6.48. The molecule has 0 aromatic heterocycles. The summed E-state index contributed by atoms with van der Waals surface area (Å²) in [4.78, 5) is 25.9. The number of ether oxygens (including phenoxy) is 2. The fourth-order valence-corrected chi connectivity index (χ4v) is 2.48. The van der Waals surface area contributed by atoms with Gasteiger partial charge in [0.05, 0.1) is 18.9 Å². The average Bonchev–Trinajstić information content (AvgIpc) is 3.03. The zero-order chi connectivity index (χ0) is 17.0. The first-order valence-corrected chi connectivity index (χ1v) is 7.52. The molecule has 126 valence electrons. The number of carbonyl (C=O) groups is 2. The summed E-state index contributed by atoms with van der Waals surface area (Å²) in [7, 11) is 4.85. The lowest BCUT2D eigenvalue weighted by Crippen LogP contribution is -2.30. The number of anilines is 1. The van der Waals surface area contributed by atoms with Gasteiger partial charge in [0.15, 0.2) is 0 Å². The zero-order valence-electron chi connectivity index (χ0n) is 13.7. The molecule has 0 bridgehead atoms. The number of nitrogens with two attached hydrogens (primary N) is 1. The quantitative estimate of drug-likeness (QED) is 0.838. The molecule has 1 aliphatic rings. The number of hydrogen-bond acceptors (Lipinski definition) is 5. The van der Waals surface area contributed by atoms with Crippen LogP contribution in [-0.2, 0) is 9.53 Å². The Kier molecular flexibility index (Phi) is 5.57. The van der Waals surface area contributed by atoms with Crippen molar-refractivity contribution < 1.29 is 19.1 Å². The van der Waals surface area contributed by atoms with Crippen LogP contribution in [0.4, 0.5) is 5.69 Å². The van der Waals surface area contributed by atoms with Crippen LogP contribution in [0.2, 0.25) is 0 Å².